The van der Waals surface area contributed by atoms with Crippen LogP contribution in [0.15, 0.2) is 11.9 Å². The quantitative estimate of drug-likeness (QED) is 0.0991. The van der Waals surface area contributed by atoms with E-state index < -0.39 is 28.3 Å². The van der Waals surface area contributed by atoms with Crippen LogP contribution >= 0.6 is 0 Å². The third-order valence-electron chi connectivity index (χ3n) is 2.78. The zero-order valence-electron chi connectivity index (χ0n) is 11.3. The molecule has 21 heavy (non-hydrogen) atoms. The molecule has 0 aromatic heterocycles. The van der Waals surface area contributed by atoms with Crippen LogP contribution in [0.5, 0.6) is 0 Å². The number of rotatable bonds is 8. The first-order chi connectivity index (χ1) is 9.72. The van der Waals surface area contributed by atoms with Crippen molar-refractivity contribution in [2.45, 2.75) is 12.1 Å². The number of likely N-dealkylation sites (N-methyl/N-ethyl adjacent to an activating group) is 1. The molecule has 2 unspecified atom stereocenters. The third kappa shape index (κ3) is 4.04. The summed E-state index contributed by atoms with van der Waals surface area (Å²) in [7, 11) is -3.04. The molecule has 0 aromatic carbocycles. The fraction of sp³-hybridized carbons (Fsp3) is 0.556. The SMILES string of the molecule is CNC/C(N)=C/N(N)CC1C(NC=O)C(=O)N1S(=O)(=O)O. The lowest BCUT2D eigenvalue weighted by molar-refractivity contribution is -0.144. The summed E-state index contributed by atoms with van der Waals surface area (Å²) < 4.78 is 31.5. The van der Waals surface area contributed by atoms with Crippen molar-refractivity contribution in [3.8, 4) is 0 Å². The van der Waals surface area contributed by atoms with Crippen LogP contribution in [0.25, 0.3) is 0 Å². The molecule has 1 aliphatic rings. The Balaban J connectivity index is 2.83. The van der Waals surface area contributed by atoms with E-state index in [4.69, 9.17) is 16.1 Å². The lowest BCUT2D eigenvalue weighted by atomic mass is 9.99. The highest BCUT2D eigenvalue weighted by atomic mass is 32.2. The molecule has 7 N–H and O–H groups in total. The number of hydrogen-bond acceptors (Lipinski definition) is 8. The smallest absolute Gasteiger partial charge is 0.362 e. The maximum absolute atomic E-state index is 11.6. The fourth-order valence-corrected chi connectivity index (χ4v) is 2.84. The van der Waals surface area contributed by atoms with E-state index in [1.165, 1.54) is 6.20 Å². The van der Waals surface area contributed by atoms with Crippen LogP contribution < -0.4 is 22.2 Å². The molecule has 0 saturated carbocycles. The molecule has 1 heterocycles. The molecule has 1 rings (SSSR count). The van der Waals surface area contributed by atoms with E-state index >= 15 is 0 Å². The van der Waals surface area contributed by atoms with E-state index in [-0.39, 0.29) is 17.3 Å². The molecule has 2 amide bonds. The first-order valence-corrected chi connectivity index (χ1v) is 7.24. The molecular weight excluding hydrogens is 304 g/mol. The van der Waals surface area contributed by atoms with Gasteiger partial charge in [-0.05, 0) is 7.05 Å². The molecular formula is C9H18N6O5S. The first kappa shape index (κ1) is 17.2. The predicted octanol–water partition coefficient (Wildman–Crippen LogP) is -3.69. The van der Waals surface area contributed by atoms with Gasteiger partial charge >= 0.3 is 10.3 Å². The van der Waals surface area contributed by atoms with Gasteiger partial charge in [-0.1, -0.05) is 0 Å². The van der Waals surface area contributed by atoms with Crippen LogP contribution in [0.2, 0.25) is 0 Å². The molecule has 1 fully saturated rings. The molecule has 0 aromatic rings. The number of hydrogen-bond donors (Lipinski definition) is 5. The average molecular weight is 322 g/mol. The van der Waals surface area contributed by atoms with Crippen LogP contribution in [0, 0.1) is 0 Å². The van der Waals surface area contributed by atoms with Crippen molar-refractivity contribution < 1.29 is 22.6 Å². The lowest BCUT2D eigenvalue weighted by Crippen LogP contribution is -2.73. The van der Waals surface area contributed by atoms with Crippen molar-refractivity contribution in [3.63, 3.8) is 0 Å². The average Bonchev–Trinajstić information content (AvgIpc) is 2.33. The Hall–Kier alpha value is -1.89. The van der Waals surface area contributed by atoms with E-state index in [1.54, 1.807) is 7.05 Å². The van der Waals surface area contributed by atoms with E-state index in [0.717, 1.165) is 5.01 Å². The van der Waals surface area contributed by atoms with Crippen LogP contribution in [0.4, 0.5) is 0 Å². The summed E-state index contributed by atoms with van der Waals surface area (Å²) in [4.78, 5) is 22.0. The number of carbonyl (C=O) groups excluding carboxylic acids is 2. The van der Waals surface area contributed by atoms with E-state index in [9.17, 15) is 18.0 Å². The lowest BCUT2D eigenvalue weighted by Gasteiger charge is -2.44. The first-order valence-electron chi connectivity index (χ1n) is 5.84. The van der Waals surface area contributed by atoms with Crippen molar-refractivity contribution >= 4 is 22.6 Å². The molecule has 1 aliphatic heterocycles. The number of nitrogens with one attached hydrogen (secondary N) is 2. The van der Waals surface area contributed by atoms with Gasteiger partial charge in [-0.3, -0.25) is 14.1 Å². The Morgan fingerprint density at radius 1 is 1.57 bits per heavy atom. The van der Waals surface area contributed by atoms with Gasteiger partial charge in [0.25, 0.3) is 5.91 Å². The normalized spacial score (nSPS) is 22.7. The van der Waals surface area contributed by atoms with Crippen molar-refractivity contribution in [1.82, 2.24) is 19.9 Å². The summed E-state index contributed by atoms with van der Waals surface area (Å²) in [5.41, 5.74) is 6.00. The summed E-state index contributed by atoms with van der Waals surface area (Å²) in [6, 6.07) is -2.10. The molecule has 11 nitrogen and oxygen atoms in total. The van der Waals surface area contributed by atoms with Gasteiger partial charge in [0.1, 0.15) is 6.04 Å². The third-order valence-corrected chi connectivity index (χ3v) is 3.72. The molecule has 2 atom stereocenters. The zero-order valence-corrected chi connectivity index (χ0v) is 12.1. The van der Waals surface area contributed by atoms with Gasteiger partial charge in [-0.15, -0.1) is 0 Å². The number of nitrogens with two attached hydrogens (primary N) is 2. The van der Waals surface area contributed by atoms with Gasteiger partial charge in [0.15, 0.2) is 0 Å². The van der Waals surface area contributed by atoms with E-state index in [2.05, 4.69) is 10.6 Å². The van der Waals surface area contributed by atoms with Crippen LogP contribution in [-0.2, 0) is 19.9 Å². The Morgan fingerprint density at radius 3 is 2.67 bits per heavy atom. The number of nitrogens with zero attached hydrogens (tertiary/aromatic N) is 2. The molecule has 0 aliphatic carbocycles. The minimum absolute atomic E-state index is 0.151. The second-order valence-corrected chi connectivity index (χ2v) is 5.66. The van der Waals surface area contributed by atoms with E-state index in [1.807, 2.05) is 0 Å². The number of amides is 2. The fourth-order valence-electron chi connectivity index (χ4n) is 1.97. The Morgan fingerprint density at radius 2 is 2.19 bits per heavy atom. The Bertz CT molecular complexity index is 535. The molecule has 120 valence electrons. The topological polar surface area (TPSA) is 171 Å². The second-order valence-electron chi connectivity index (χ2n) is 4.37. The van der Waals surface area contributed by atoms with Crippen molar-refractivity contribution in [2.75, 3.05) is 20.1 Å². The standard InChI is InChI=1S/C9H18N6O5S/c1-12-2-6(10)3-14(11)4-7-8(13-5-16)9(17)15(7)21(18,19)20/h3,5,7-8,12H,2,4,10-11H2,1H3,(H,13,16)(H,18,19,20)/b6-3-. The summed E-state index contributed by atoms with van der Waals surface area (Å²) >= 11 is 0. The highest BCUT2D eigenvalue weighted by Gasteiger charge is 2.53. The maximum Gasteiger partial charge on any atom is 0.362 e. The molecule has 0 spiro atoms. The van der Waals surface area contributed by atoms with Gasteiger partial charge in [0, 0.05) is 18.4 Å². The highest BCUT2D eigenvalue weighted by Crippen LogP contribution is 2.23. The van der Waals surface area contributed by atoms with Gasteiger partial charge in [-0.2, -0.15) is 8.42 Å². The van der Waals surface area contributed by atoms with E-state index in [0.29, 0.717) is 12.2 Å². The number of carbonyl (C=O) groups is 2. The monoisotopic (exact) mass is 322 g/mol. The summed E-state index contributed by atoms with van der Waals surface area (Å²) in [6.45, 7) is 0.205. The van der Waals surface area contributed by atoms with Crippen LogP contribution in [-0.4, -0.2) is 66.8 Å². The molecule has 12 heteroatoms. The predicted molar refractivity (Wildman–Crippen MR) is 72.3 cm³/mol. The van der Waals surface area contributed by atoms with Crippen molar-refractivity contribution in [2.24, 2.45) is 11.6 Å². The van der Waals surface area contributed by atoms with Crippen LogP contribution in [0.1, 0.15) is 0 Å². The van der Waals surface area contributed by atoms with Gasteiger partial charge in [0.2, 0.25) is 6.41 Å². The van der Waals surface area contributed by atoms with Crippen LogP contribution in [0.3, 0.4) is 0 Å². The zero-order chi connectivity index (χ0) is 16.2. The van der Waals surface area contributed by atoms with Crippen molar-refractivity contribution in [3.05, 3.63) is 11.9 Å². The van der Waals surface area contributed by atoms with Crippen molar-refractivity contribution in [1.29, 1.82) is 0 Å². The number of β-lactam (4-membered cyclic amide) rings is 1. The van der Waals surface area contributed by atoms with Gasteiger partial charge < -0.3 is 21.4 Å². The Labute approximate surface area is 121 Å². The Kier molecular flexibility index (Phi) is 5.48. The minimum atomic E-state index is -4.72. The largest absolute Gasteiger partial charge is 0.400 e. The van der Waals surface area contributed by atoms with Gasteiger partial charge in [0.05, 0.1) is 12.6 Å². The molecule has 0 radical (unpaired) electrons. The highest BCUT2D eigenvalue weighted by molar-refractivity contribution is 7.84. The summed E-state index contributed by atoms with van der Waals surface area (Å²) in [5, 5.41) is 6.03. The number of hydrazine groups is 1. The van der Waals surface area contributed by atoms with Gasteiger partial charge in [-0.25, -0.2) is 10.1 Å². The second kappa shape index (κ2) is 6.71. The molecule has 1 saturated heterocycles. The maximum atomic E-state index is 11.6. The minimum Gasteiger partial charge on any atom is -0.400 e. The molecule has 0 bridgehead atoms. The summed E-state index contributed by atoms with van der Waals surface area (Å²) in [5.74, 6) is 4.71. The summed E-state index contributed by atoms with van der Waals surface area (Å²) in [6.07, 6.45) is 1.61.